The SMILES string of the molecule is CC(=O)c1cnc2c3c(Cl)cccc3ccn12. The van der Waals surface area contributed by atoms with Crippen molar-refractivity contribution >= 4 is 33.8 Å². The predicted octanol–water partition coefficient (Wildman–Crippen LogP) is 3.34. The lowest BCUT2D eigenvalue weighted by Crippen LogP contribution is -1.98. The molecular formula is C13H9ClN2O. The zero-order valence-electron chi connectivity index (χ0n) is 9.14. The fourth-order valence-corrected chi connectivity index (χ4v) is 2.29. The van der Waals surface area contributed by atoms with Crippen LogP contribution in [0.15, 0.2) is 36.7 Å². The molecule has 2 aromatic heterocycles. The number of carbonyl (C=O) groups is 1. The number of Topliss-reactive ketones (excluding diaryl/α,β-unsaturated/α-hetero) is 1. The lowest BCUT2D eigenvalue weighted by molar-refractivity contribution is 0.101. The number of nitrogens with zero attached hydrogens (tertiary/aromatic N) is 2. The van der Waals surface area contributed by atoms with E-state index in [0.29, 0.717) is 10.7 Å². The van der Waals surface area contributed by atoms with Crippen LogP contribution in [-0.2, 0) is 0 Å². The van der Waals surface area contributed by atoms with Crippen LogP contribution in [0, 0.1) is 0 Å². The van der Waals surface area contributed by atoms with Crippen molar-refractivity contribution in [3.05, 3.63) is 47.4 Å². The molecule has 3 rings (SSSR count). The minimum Gasteiger partial charge on any atom is -0.296 e. The van der Waals surface area contributed by atoms with Gasteiger partial charge >= 0.3 is 0 Å². The number of imidazole rings is 1. The first-order valence-corrected chi connectivity index (χ1v) is 5.61. The standard InChI is InChI=1S/C13H9ClN2O/c1-8(17)11-7-15-13-12-9(5-6-16(11)13)3-2-4-10(12)14/h2-7H,1H3. The Morgan fingerprint density at radius 2 is 2.18 bits per heavy atom. The number of fused-ring (bicyclic) bond motifs is 3. The number of benzene rings is 1. The molecule has 0 spiro atoms. The van der Waals surface area contributed by atoms with E-state index in [0.717, 1.165) is 16.4 Å². The fraction of sp³-hybridized carbons (Fsp3) is 0.0769. The number of halogens is 1. The summed E-state index contributed by atoms with van der Waals surface area (Å²) in [4.78, 5) is 15.7. The lowest BCUT2D eigenvalue weighted by Gasteiger charge is -2.03. The zero-order valence-corrected chi connectivity index (χ0v) is 9.90. The Kier molecular flexibility index (Phi) is 2.16. The van der Waals surface area contributed by atoms with Gasteiger partial charge in [0.05, 0.1) is 11.2 Å². The molecule has 4 heteroatoms. The van der Waals surface area contributed by atoms with E-state index in [1.54, 1.807) is 10.6 Å². The molecule has 0 unspecified atom stereocenters. The molecule has 1 aromatic carbocycles. The number of carbonyl (C=O) groups excluding carboxylic acids is 1. The molecule has 0 saturated carbocycles. The van der Waals surface area contributed by atoms with E-state index in [9.17, 15) is 4.79 Å². The molecule has 0 atom stereocenters. The van der Waals surface area contributed by atoms with E-state index in [1.165, 1.54) is 6.92 Å². The van der Waals surface area contributed by atoms with Crippen LogP contribution in [0.3, 0.4) is 0 Å². The third kappa shape index (κ3) is 1.43. The highest BCUT2D eigenvalue weighted by Crippen LogP contribution is 2.27. The average Bonchev–Trinajstić information content (AvgIpc) is 2.72. The van der Waals surface area contributed by atoms with Crippen LogP contribution in [0.4, 0.5) is 0 Å². The number of aromatic nitrogens is 2. The minimum atomic E-state index is -0.0103. The second-order valence-corrected chi connectivity index (χ2v) is 4.32. The molecule has 0 saturated heterocycles. The van der Waals surface area contributed by atoms with Crippen molar-refractivity contribution in [2.45, 2.75) is 6.92 Å². The Labute approximate surface area is 103 Å². The molecule has 0 aliphatic rings. The van der Waals surface area contributed by atoms with Gasteiger partial charge in [-0.05, 0) is 17.5 Å². The third-order valence-corrected chi connectivity index (χ3v) is 3.15. The molecule has 0 fully saturated rings. The van der Waals surface area contributed by atoms with Gasteiger partial charge in [0.2, 0.25) is 0 Å². The summed E-state index contributed by atoms with van der Waals surface area (Å²) < 4.78 is 1.77. The second-order valence-electron chi connectivity index (χ2n) is 3.91. The Balaban J connectivity index is 2.53. The average molecular weight is 245 g/mol. The Hall–Kier alpha value is -1.87. The molecule has 17 heavy (non-hydrogen) atoms. The molecule has 2 heterocycles. The number of ketones is 1. The first-order chi connectivity index (χ1) is 8.18. The van der Waals surface area contributed by atoms with Gasteiger partial charge in [-0.15, -0.1) is 0 Å². The summed E-state index contributed by atoms with van der Waals surface area (Å²) in [6.45, 7) is 1.53. The van der Waals surface area contributed by atoms with Gasteiger partial charge in [-0.1, -0.05) is 23.7 Å². The van der Waals surface area contributed by atoms with Gasteiger partial charge in [0, 0.05) is 18.5 Å². The topological polar surface area (TPSA) is 34.4 Å². The highest BCUT2D eigenvalue weighted by Gasteiger charge is 2.11. The molecular weight excluding hydrogens is 236 g/mol. The van der Waals surface area contributed by atoms with Crippen molar-refractivity contribution < 1.29 is 4.79 Å². The molecule has 3 nitrogen and oxygen atoms in total. The van der Waals surface area contributed by atoms with E-state index < -0.39 is 0 Å². The van der Waals surface area contributed by atoms with Crippen LogP contribution in [0.5, 0.6) is 0 Å². The normalized spacial score (nSPS) is 11.2. The molecule has 0 aliphatic carbocycles. The summed E-state index contributed by atoms with van der Waals surface area (Å²) in [5.41, 5.74) is 1.29. The van der Waals surface area contributed by atoms with Crippen LogP contribution in [0.1, 0.15) is 17.4 Å². The molecule has 0 aliphatic heterocycles. The van der Waals surface area contributed by atoms with Gasteiger partial charge in [-0.25, -0.2) is 4.98 Å². The Morgan fingerprint density at radius 3 is 2.94 bits per heavy atom. The van der Waals surface area contributed by atoms with Crippen molar-refractivity contribution in [3.8, 4) is 0 Å². The maximum absolute atomic E-state index is 11.4. The van der Waals surface area contributed by atoms with Crippen molar-refractivity contribution in [1.82, 2.24) is 9.38 Å². The van der Waals surface area contributed by atoms with Gasteiger partial charge in [0.25, 0.3) is 0 Å². The van der Waals surface area contributed by atoms with Crippen LogP contribution >= 0.6 is 11.6 Å². The van der Waals surface area contributed by atoms with E-state index in [1.807, 2.05) is 30.5 Å². The van der Waals surface area contributed by atoms with Crippen LogP contribution in [0.2, 0.25) is 5.02 Å². The number of hydrogen-bond acceptors (Lipinski definition) is 2. The molecule has 0 bridgehead atoms. The Bertz CT molecular complexity index is 746. The largest absolute Gasteiger partial charge is 0.296 e. The van der Waals surface area contributed by atoms with Gasteiger partial charge in [0.15, 0.2) is 5.78 Å². The summed E-state index contributed by atoms with van der Waals surface area (Å²) in [7, 11) is 0. The zero-order chi connectivity index (χ0) is 12.0. The summed E-state index contributed by atoms with van der Waals surface area (Å²) in [5.74, 6) is -0.0103. The van der Waals surface area contributed by atoms with E-state index in [4.69, 9.17) is 11.6 Å². The van der Waals surface area contributed by atoms with Crippen molar-refractivity contribution in [3.63, 3.8) is 0 Å². The number of pyridine rings is 1. The van der Waals surface area contributed by atoms with Crippen LogP contribution in [0.25, 0.3) is 16.4 Å². The first-order valence-electron chi connectivity index (χ1n) is 5.24. The predicted molar refractivity (Wildman–Crippen MR) is 67.7 cm³/mol. The summed E-state index contributed by atoms with van der Waals surface area (Å²) in [6.07, 6.45) is 3.43. The molecule has 84 valence electrons. The van der Waals surface area contributed by atoms with E-state index >= 15 is 0 Å². The highest BCUT2D eigenvalue weighted by molar-refractivity contribution is 6.36. The van der Waals surface area contributed by atoms with Gasteiger partial charge < -0.3 is 0 Å². The van der Waals surface area contributed by atoms with Crippen molar-refractivity contribution in [2.75, 3.05) is 0 Å². The second kappa shape index (κ2) is 3.57. The van der Waals surface area contributed by atoms with Gasteiger partial charge in [-0.3, -0.25) is 9.20 Å². The van der Waals surface area contributed by atoms with Crippen molar-refractivity contribution in [1.29, 1.82) is 0 Å². The third-order valence-electron chi connectivity index (χ3n) is 2.83. The molecule has 0 N–H and O–H groups in total. The highest BCUT2D eigenvalue weighted by atomic mass is 35.5. The van der Waals surface area contributed by atoms with Crippen molar-refractivity contribution in [2.24, 2.45) is 0 Å². The summed E-state index contributed by atoms with van der Waals surface area (Å²) in [5, 5.41) is 2.55. The van der Waals surface area contributed by atoms with E-state index in [-0.39, 0.29) is 5.78 Å². The summed E-state index contributed by atoms with van der Waals surface area (Å²) in [6, 6.07) is 7.63. The fourth-order valence-electron chi connectivity index (χ4n) is 2.03. The number of hydrogen-bond donors (Lipinski definition) is 0. The smallest absolute Gasteiger partial charge is 0.178 e. The quantitative estimate of drug-likeness (QED) is 0.616. The monoisotopic (exact) mass is 244 g/mol. The maximum Gasteiger partial charge on any atom is 0.178 e. The minimum absolute atomic E-state index is 0.0103. The first kappa shape index (κ1) is 10.3. The molecule has 0 radical (unpaired) electrons. The summed E-state index contributed by atoms with van der Waals surface area (Å²) >= 11 is 6.19. The molecule has 0 amide bonds. The maximum atomic E-state index is 11.4. The van der Waals surface area contributed by atoms with Gasteiger partial charge in [0.1, 0.15) is 11.3 Å². The van der Waals surface area contributed by atoms with Gasteiger partial charge in [-0.2, -0.15) is 0 Å². The number of rotatable bonds is 1. The Morgan fingerprint density at radius 1 is 1.35 bits per heavy atom. The van der Waals surface area contributed by atoms with Crippen LogP contribution < -0.4 is 0 Å². The molecule has 3 aromatic rings. The lowest BCUT2D eigenvalue weighted by atomic mass is 10.1. The van der Waals surface area contributed by atoms with E-state index in [2.05, 4.69) is 4.98 Å². The van der Waals surface area contributed by atoms with Crippen LogP contribution in [-0.4, -0.2) is 15.2 Å².